The van der Waals surface area contributed by atoms with Crippen LogP contribution >= 0.6 is 0 Å². The third-order valence-electron chi connectivity index (χ3n) is 2.99. The molecule has 6 nitrogen and oxygen atoms in total. The molecule has 0 bridgehead atoms. The molecule has 1 atom stereocenters. The van der Waals surface area contributed by atoms with Crippen LogP contribution < -0.4 is 15.2 Å². The number of benzene rings is 1. The summed E-state index contributed by atoms with van der Waals surface area (Å²) in [4.78, 5) is 4.22. The molecule has 6 heteroatoms. The molecular weight excluding hydrogens is 270 g/mol. The van der Waals surface area contributed by atoms with Crippen molar-refractivity contribution in [2.45, 2.75) is 39.3 Å². The van der Waals surface area contributed by atoms with Gasteiger partial charge in [-0.05, 0) is 25.0 Å². The maximum Gasteiger partial charge on any atom is 0.226 e. The van der Waals surface area contributed by atoms with E-state index < -0.39 is 0 Å². The number of aromatic nitrogens is 2. The molecule has 2 aromatic rings. The summed E-state index contributed by atoms with van der Waals surface area (Å²) in [5.41, 5.74) is 6.90. The zero-order chi connectivity index (χ0) is 15.2. The minimum Gasteiger partial charge on any atom is -0.497 e. The highest BCUT2D eigenvalue weighted by Gasteiger charge is 2.10. The van der Waals surface area contributed by atoms with E-state index in [1.54, 1.807) is 7.11 Å². The number of methoxy groups -OCH3 is 1. The summed E-state index contributed by atoms with van der Waals surface area (Å²) in [7, 11) is 1.62. The summed E-state index contributed by atoms with van der Waals surface area (Å²) in [6, 6.07) is 5.76. The van der Waals surface area contributed by atoms with Crippen molar-refractivity contribution in [3.05, 3.63) is 35.5 Å². The molecule has 0 saturated heterocycles. The zero-order valence-electron chi connectivity index (χ0n) is 12.6. The standard InChI is InChI=1S/C15H21N3O3/c1-4-15-17-14(18-21-15)9-20-13-8-12(19-3)6-5-11(13)7-10(2)16/h5-6,8,10H,4,7,9,16H2,1-3H3. The van der Waals surface area contributed by atoms with Crippen molar-refractivity contribution in [1.29, 1.82) is 0 Å². The van der Waals surface area contributed by atoms with Gasteiger partial charge in [0.25, 0.3) is 0 Å². The first-order chi connectivity index (χ1) is 10.1. The van der Waals surface area contributed by atoms with Crippen molar-refractivity contribution in [1.82, 2.24) is 10.1 Å². The highest BCUT2D eigenvalue weighted by molar-refractivity contribution is 5.41. The number of nitrogens with zero attached hydrogens (tertiary/aromatic N) is 2. The van der Waals surface area contributed by atoms with Gasteiger partial charge in [-0.3, -0.25) is 0 Å². The predicted molar refractivity (Wildman–Crippen MR) is 78.4 cm³/mol. The molecule has 2 N–H and O–H groups in total. The highest BCUT2D eigenvalue weighted by atomic mass is 16.5. The maximum absolute atomic E-state index is 5.87. The van der Waals surface area contributed by atoms with Crippen molar-refractivity contribution in [3.63, 3.8) is 0 Å². The first-order valence-electron chi connectivity index (χ1n) is 6.99. The van der Waals surface area contributed by atoms with Gasteiger partial charge < -0.3 is 19.7 Å². The minimum atomic E-state index is 0.0533. The zero-order valence-corrected chi connectivity index (χ0v) is 12.6. The Kier molecular flexibility index (Phi) is 5.16. The third-order valence-corrected chi connectivity index (χ3v) is 2.99. The number of hydrogen-bond donors (Lipinski definition) is 1. The average Bonchev–Trinajstić information content (AvgIpc) is 2.93. The second-order valence-electron chi connectivity index (χ2n) is 4.90. The third kappa shape index (κ3) is 4.19. The molecule has 1 heterocycles. The van der Waals surface area contributed by atoms with Crippen molar-refractivity contribution >= 4 is 0 Å². The molecule has 2 rings (SSSR count). The normalized spacial score (nSPS) is 12.2. The number of nitrogens with two attached hydrogens (primary N) is 1. The predicted octanol–water partition coefficient (Wildman–Crippen LogP) is 2.11. The van der Waals surface area contributed by atoms with E-state index in [1.807, 2.05) is 32.0 Å². The Balaban J connectivity index is 2.12. The van der Waals surface area contributed by atoms with Crippen molar-refractivity contribution in [2.75, 3.05) is 7.11 Å². The Labute approximate surface area is 124 Å². The second kappa shape index (κ2) is 7.08. The van der Waals surface area contributed by atoms with E-state index in [9.17, 15) is 0 Å². The Hall–Kier alpha value is -2.08. The van der Waals surface area contributed by atoms with Crippen LogP contribution in [-0.4, -0.2) is 23.3 Å². The fraction of sp³-hybridized carbons (Fsp3) is 0.467. The molecule has 114 valence electrons. The Morgan fingerprint density at radius 2 is 2.19 bits per heavy atom. The van der Waals surface area contributed by atoms with Gasteiger partial charge in [0.15, 0.2) is 6.61 Å². The molecule has 1 unspecified atom stereocenters. The molecule has 0 aliphatic heterocycles. The van der Waals surface area contributed by atoms with Gasteiger partial charge in [-0.2, -0.15) is 4.98 Å². The average molecular weight is 291 g/mol. The van der Waals surface area contributed by atoms with Crippen LogP contribution in [0.1, 0.15) is 31.1 Å². The molecule has 0 spiro atoms. The number of hydrogen-bond acceptors (Lipinski definition) is 6. The van der Waals surface area contributed by atoms with Crippen molar-refractivity contribution in [2.24, 2.45) is 5.73 Å². The quantitative estimate of drug-likeness (QED) is 0.841. The smallest absolute Gasteiger partial charge is 0.226 e. The van der Waals surface area contributed by atoms with E-state index in [1.165, 1.54) is 0 Å². The Morgan fingerprint density at radius 3 is 2.81 bits per heavy atom. The van der Waals surface area contributed by atoms with E-state index in [2.05, 4.69) is 10.1 Å². The number of aryl methyl sites for hydroxylation is 1. The van der Waals surface area contributed by atoms with E-state index in [0.29, 0.717) is 18.1 Å². The lowest BCUT2D eigenvalue weighted by molar-refractivity contribution is 0.280. The largest absolute Gasteiger partial charge is 0.497 e. The van der Waals surface area contributed by atoms with Gasteiger partial charge in [0, 0.05) is 18.5 Å². The summed E-state index contributed by atoms with van der Waals surface area (Å²) in [5, 5.41) is 3.87. The van der Waals surface area contributed by atoms with Gasteiger partial charge in [-0.1, -0.05) is 18.1 Å². The van der Waals surface area contributed by atoms with Gasteiger partial charge in [-0.15, -0.1) is 0 Å². The molecule has 0 radical (unpaired) electrons. The van der Waals surface area contributed by atoms with E-state index in [4.69, 9.17) is 19.7 Å². The molecule has 0 fully saturated rings. The maximum atomic E-state index is 5.87. The van der Waals surface area contributed by atoms with E-state index >= 15 is 0 Å². The van der Waals surface area contributed by atoms with Gasteiger partial charge in [0.1, 0.15) is 11.5 Å². The van der Waals surface area contributed by atoms with E-state index in [-0.39, 0.29) is 12.6 Å². The lowest BCUT2D eigenvalue weighted by Gasteiger charge is -2.13. The molecule has 0 aliphatic carbocycles. The fourth-order valence-corrected chi connectivity index (χ4v) is 1.95. The van der Waals surface area contributed by atoms with Crippen LogP contribution in [0.3, 0.4) is 0 Å². The molecule has 0 aliphatic rings. The van der Waals surface area contributed by atoms with Gasteiger partial charge >= 0.3 is 0 Å². The van der Waals surface area contributed by atoms with Crippen LogP contribution in [-0.2, 0) is 19.4 Å². The van der Waals surface area contributed by atoms with Crippen LogP contribution in [0.5, 0.6) is 11.5 Å². The highest BCUT2D eigenvalue weighted by Crippen LogP contribution is 2.26. The Morgan fingerprint density at radius 1 is 1.38 bits per heavy atom. The Bertz CT molecular complexity index is 581. The lowest BCUT2D eigenvalue weighted by atomic mass is 10.1. The topological polar surface area (TPSA) is 83.4 Å². The lowest BCUT2D eigenvalue weighted by Crippen LogP contribution is -2.18. The van der Waals surface area contributed by atoms with Crippen LogP contribution in [0, 0.1) is 0 Å². The number of rotatable bonds is 7. The molecule has 21 heavy (non-hydrogen) atoms. The molecule has 0 saturated carbocycles. The number of ether oxygens (including phenoxy) is 2. The fourth-order valence-electron chi connectivity index (χ4n) is 1.95. The van der Waals surface area contributed by atoms with Crippen molar-refractivity contribution < 1.29 is 14.0 Å². The van der Waals surface area contributed by atoms with Crippen LogP contribution in [0.4, 0.5) is 0 Å². The van der Waals surface area contributed by atoms with Gasteiger partial charge in [0.2, 0.25) is 11.7 Å². The molecular formula is C15H21N3O3. The summed E-state index contributed by atoms with van der Waals surface area (Å²) < 4.78 is 16.1. The SMILES string of the molecule is CCc1nc(COc2cc(OC)ccc2CC(C)N)no1. The van der Waals surface area contributed by atoms with E-state index in [0.717, 1.165) is 23.5 Å². The monoisotopic (exact) mass is 291 g/mol. The van der Waals surface area contributed by atoms with Crippen molar-refractivity contribution in [3.8, 4) is 11.5 Å². The summed E-state index contributed by atoms with van der Waals surface area (Å²) in [6.07, 6.45) is 1.44. The first kappa shape index (κ1) is 15.3. The van der Waals surface area contributed by atoms with Crippen LogP contribution in [0.2, 0.25) is 0 Å². The first-order valence-corrected chi connectivity index (χ1v) is 6.99. The van der Waals surface area contributed by atoms with Crippen LogP contribution in [0.25, 0.3) is 0 Å². The van der Waals surface area contributed by atoms with Crippen LogP contribution in [0.15, 0.2) is 22.7 Å². The summed E-state index contributed by atoms with van der Waals surface area (Å²) in [6.45, 7) is 4.17. The second-order valence-corrected chi connectivity index (χ2v) is 4.90. The summed E-state index contributed by atoms with van der Waals surface area (Å²) >= 11 is 0. The van der Waals surface area contributed by atoms with Gasteiger partial charge in [-0.25, -0.2) is 0 Å². The minimum absolute atomic E-state index is 0.0533. The van der Waals surface area contributed by atoms with Gasteiger partial charge in [0.05, 0.1) is 7.11 Å². The molecule has 1 aromatic carbocycles. The summed E-state index contributed by atoms with van der Waals surface area (Å²) in [5.74, 6) is 2.60. The molecule has 1 aromatic heterocycles. The molecule has 0 amide bonds.